The van der Waals surface area contributed by atoms with Crippen molar-refractivity contribution < 1.29 is 9.90 Å². The van der Waals surface area contributed by atoms with Crippen LogP contribution in [0.25, 0.3) is 10.9 Å². The average molecular weight is 204 g/mol. The summed E-state index contributed by atoms with van der Waals surface area (Å²) < 4.78 is 0. The van der Waals surface area contributed by atoms with Crippen LogP contribution in [0, 0.1) is 0 Å². The van der Waals surface area contributed by atoms with Gasteiger partial charge in [-0.05, 0) is 12.1 Å². The third kappa shape index (κ3) is 1.59. The first-order chi connectivity index (χ1) is 7.08. The Labute approximate surface area is 84.4 Å². The Hall–Kier alpha value is -2.17. The summed E-state index contributed by atoms with van der Waals surface area (Å²) in [5.74, 6) is -0.314. The van der Waals surface area contributed by atoms with Crippen molar-refractivity contribution in [3.8, 4) is 5.75 Å². The molecule has 0 atom stereocenters. The van der Waals surface area contributed by atoms with Gasteiger partial charge in [-0.25, -0.2) is 4.98 Å². The van der Waals surface area contributed by atoms with Crippen molar-refractivity contribution in [1.29, 1.82) is 0 Å². The maximum absolute atomic E-state index is 11.5. The summed E-state index contributed by atoms with van der Waals surface area (Å²) in [5.41, 5.74) is -0.0749. The van der Waals surface area contributed by atoms with Gasteiger partial charge in [0.15, 0.2) is 11.6 Å². The Morgan fingerprint density at radius 3 is 2.87 bits per heavy atom. The van der Waals surface area contributed by atoms with E-state index in [2.05, 4.69) is 9.97 Å². The predicted molar refractivity (Wildman–Crippen MR) is 54.0 cm³/mol. The Balaban J connectivity index is 2.85. The standard InChI is InChI=1S/C10H8N2O3/c1-5(13)9-11-8-4-6(14)2-3-7(8)10(15)12-9/h2-4,14H,1H3,(H,11,12,15). The number of carbonyl (C=O) groups is 1. The van der Waals surface area contributed by atoms with E-state index in [0.29, 0.717) is 10.9 Å². The minimum absolute atomic E-state index is 0.00176. The van der Waals surface area contributed by atoms with Gasteiger partial charge in [0, 0.05) is 13.0 Å². The minimum Gasteiger partial charge on any atom is -0.508 e. The largest absolute Gasteiger partial charge is 0.508 e. The Kier molecular flexibility index (Phi) is 2.00. The average Bonchev–Trinajstić information content (AvgIpc) is 2.16. The number of phenols is 1. The molecule has 0 amide bonds. The highest BCUT2D eigenvalue weighted by atomic mass is 16.3. The fraction of sp³-hybridized carbons (Fsp3) is 0.100. The van der Waals surface area contributed by atoms with E-state index < -0.39 is 0 Å². The zero-order valence-corrected chi connectivity index (χ0v) is 7.94. The highest BCUT2D eigenvalue weighted by Gasteiger charge is 2.07. The van der Waals surface area contributed by atoms with Crippen molar-refractivity contribution in [1.82, 2.24) is 9.97 Å². The summed E-state index contributed by atoms with van der Waals surface area (Å²) in [4.78, 5) is 28.8. The first kappa shape index (κ1) is 9.39. The van der Waals surface area contributed by atoms with Crippen molar-refractivity contribution in [3.05, 3.63) is 34.4 Å². The molecule has 1 heterocycles. The number of nitrogens with one attached hydrogen (secondary N) is 1. The lowest BCUT2D eigenvalue weighted by Crippen LogP contribution is -2.14. The van der Waals surface area contributed by atoms with Crippen molar-refractivity contribution >= 4 is 16.7 Å². The highest BCUT2D eigenvalue weighted by molar-refractivity contribution is 5.92. The van der Waals surface area contributed by atoms with Crippen LogP contribution in [0.4, 0.5) is 0 Å². The number of hydrogen-bond acceptors (Lipinski definition) is 4. The number of hydrogen-bond donors (Lipinski definition) is 2. The molecule has 5 heteroatoms. The molecule has 1 aromatic heterocycles. The van der Waals surface area contributed by atoms with Gasteiger partial charge in [0.2, 0.25) is 0 Å². The molecule has 0 aliphatic heterocycles. The number of Topliss-reactive ketones (excluding diaryl/α,β-unsaturated/α-hetero) is 1. The quantitative estimate of drug-likeness (QED) is 0.674. The smallest absolute Gasteiger partial charge is 0.259 e. The summed E-state index contributed by atoms with van der Waals surface area (Å²) in [5, 5.41) is 9.56. The summed E-state index contributed by atoms with van der Waals surface area (Å²) in [6.07, 6.45) is 0. The second-order valence-electron chi connectivity index (χ2n) is 3.17. The van der Waals surface area contributed by atoms with Gasteiger partial charge < -0.3 is 10.1 Å². The predicted octanol–water partition coefficient (Wildman–Crippen LogP) is 0.831. The van der Waals surface area contributed by atoms with Crippen LogP contribution in [-0.2, 0) is 0 Å². The molecular weight excluding hydrogens is 196 g/mol. The van der Waals surface area contributed by atoms with Gasteiger partial charge in [0.1, 0.15) is 5.75 Å². The number of aromatic amines is 1. The SMILES string of the molecule is CC(=O)c1nc2cc(O)ccc2c(=O)[nH]1. The van der Waals surface area contributed by atoms with Crippen molar-refractivity contribution in [3.63, 3.8) is 0 Å². The van der Waals surface area contributed by atoms with Gasteiger partial charge in [0.25, 0.3) is 5.56 Å². The number of rotatable bonds is 1. The van der Waals surface area contributed by atoms with Crippen LogP contribution in [-0.4, -0.2) is 20.9 Å². The molecule has 2 aromatic rings. The molecule has 5 nitrogen and oxygen atoms in total. The summed E-state index contributed by atoms with van der Waals surface area (Å²) in [6.45, 7) is 1.31. The van der Waals surface area contributed by atoms with Crippen LogP contribution in [0.15, 0.2) is 23.0 Å². The second kappa shape index (κ2) is 3.20. The van der Waals surface area contributed by atoms with Crippen LogP contribution in [0.3, 0.4) is 0 Å². The van der Waals surface area contributed by atoms with Crippen molar-refractivity contribution in [2.24, 2.45) is 0 Å². The molecule has 0 saturated carbocycles. The van der Waals surface area contributed by atoms with E-state index in [0.717, 1.165) is 0 Å². The third-order valence-corrected chi connectivity index (χ3v) is 2.02. The van der Waals surface area contributed by atoms with Gasteiger partial charge in [-0.3, -0.25) is 9.59 Å². The number of nitrogens with zero attached hydrogens (tertiary/aromatic N) is 1. The number of aromatic nitrogens is 2. The molecular formula is C10H8N2O3. The monoisotopic (exact) mass is 204 g/mol. The fourth-order valence-electron chi connectivity index (χ4n) is 1.29. The Morgan fingerprint density at radius 1 is 1.47 bits per heavy atom. The normalized spacial score (nSPS) is 10.5. The van der Waals surface area contributed by atoms with E-state index in [1.165, 1.54) is 25.1 Å². The zero-order chi connectivity index (χ0) is 11.0. The molecule has 0 saturated heterocycles. The molecule has 0 unspecified atom stereocenters. The van der Waals surface area contributed by atoms with Crippen LogP contribution < -0.4 is 5.56 Å². The number of H-pyrrole nitrogens is 1. The Bertz CT molecular complexity index is 601. The molecule has 0 spiro atoms. The summed E-state index contributed by atoms with van der Waals surface area (Å²) >= 11 is 0. The van der Waals surface area contributed by atoms with Gasteiger partial charge in [-0.1, -0.05) is 0 Å². The van der Waals surface area contributed by atoms with Crippen LogP contribution >= 0.6 is 0 Å². The van der Waals surface area contributed by atoms with E-state index in [-0.39, 0.29) is 22.9 Å². The van der Waals surface area contributed by atoms with Crippen molar-refractivity contribution in [2.75, 3.05) is 0 Å². The maximum Gasteiger partial charge on any atom is 0.259 e. The van der Waals surface area contributed by atoms with Gasteiger partial charge in [-0.15, -0.1) is 0 Å². The summed E-state index contributed by atoms with van der Waals surface area (Å²) in [7, 11) is 0. The van der Waals surface area contributed by atoms with E-state index in [1.54, 1.807) is 0 Å². The third-order valence-electron chi connectivity index (χ3n) is 2.02. The highest BCUT2D eigenvalue weighted by Crippen LogP contribution is 2.14. The van der Waals surface area contributed by atoms with Crippen LogP contribution in [0.5, 0.6) is 5.75 Å². The van der Waals surface area contributed by atoms with Crippen molar-refractivity contribution in [2.45, 2.75) is 6.92 Å². The fourth-order valence-corrected chi connectivity index (χ4v) is 1.29. The molecule has 76 valence electrons. The van der Waals surface area contributed by atoms with E-state index in [1.807, 2.05) is 0 Å². The molecule has 1 aromatic carbocycles. The minimum atomic E-state index is -0.384. The first-order valence-corrected chi connectivity index (χ1v) is 4.32. The lowest BCUT2D eigenvalue weighted by molar-refractivity contribution is 0.100. The van der Waals surface area contributed by atoms with E-state index in [4.69, 9.17) is 0 Å². The molecule has 0 radical (unpaired) electrons. The lowest BCUT2D eigenvalue weighted by atomic mass is 10.2. The number of phenolic OH excluding ortho intramolecular Hbond substituents is 1. The Morgan fingerprint density at radius 2 is 2.20 bits per heavy atom. The number of aromatic hydroxyl groups is 1. The van der Waals surface area contributed by atoms with Crippen LogP contribution in [0.1, 0.15) is 17.5 Å². The molecule has 15 heavy (non-hydrogen) atoms. The maximum atomic E-state index is 11.5. The van der Waals surface area contributed by atoms with Gasteiger partial charge in [-0.2, -0.15) is 0 Å². The lowest BCUT2D eigenvalue weighted by Gasteiger charge is -1.99. The number of fused-ring (bicyclic) bond motifs is 1. The molecule has 2 N–H and O–H groups in total. The van der Waals surface area contributed by atoms with Crippen LogP contribution in [0.2, 0.25) is 0 Å². The molecule has 0 bridgehead atoms. The molecule has 0 aliphatic rings. The van der Waals surface area contributed by atoms with E-state index in [9.17, 15) is 14.7 Å². The number of carbonyl (C=O) groups excluding carboxylic acids is 1. The zero-order valence-electron chi connectivity index (χ0n) is 7.94. The van der Waals surface area contributed by atoms with Gasteiger partial charge in [0.05, 0.1) is 10.9 Å². The number of benzene rings is 1. The summed E-state index contributed by atoms with van der Waals surface area (Å²) in [6, 6.07) is 4.20. The molecule has 2 rings (SSSR count). The second-order valence-corrected chi connectivity index (χ2v) is 3.17. The topological polar surface area (TPSA) is 83.0 Å². The first-order valence-electron chi connectivity index (χ1n) is 4.32. The van der Waals surface area contributed by atoms with E-state index >= 15 is 0 Å². The molecule has 0 fully saturated rings. The molecule has 0 aliphatic carbocycles. The number of ketones is 1. The van der Waals surface area contributed by atoms with Gasteiger partial charge >= 0.3 is 0 Å².